The zero-order chi connectivity index (χ0) is 20.1. The quantitative estimate of drug-likeness (QED) is 0.457. The van der Waals surface area contributed by atoms with Gasteiger partial charge in [-0.1, -0.05) is 42.5 Å². The Morgan fingerprint density at radius 2 is 1.83 bits per heavy atom. The Morgan fingerprint density at radius 1 is 1.03 bits per heavy atom. The van der Waals surface area contributed by atoms with Crippen molar-refractivity contribution in [3.05, 3.63) is 94.6 Å². The summed E-state index contributed by atoms with van der Waals surface area (Å²) >= 11 is 1.43. The number of hydrogen-bond acceptors (Lipinski definition) is 6. The van der Waals surface area contributed by atoms with Crippen molar-refractivity contribution in [3.8, 4) is 11.3 Å². The molecule has 1 N–H and O–H groups in total. The maximum Gasteiger partial charge on any atom is 0.340 e. The molecular weight excluding hydrogens is 388 g/mol. The minimum atomic E-state index is -0.578. The molecule has 0 bridgehead atoms. The van der Waals surface area contributed by atoms with Gasteiger partial charge in [0.15, 0.2) is 12.4 Å². The van der Waals surface area contributed by atoms with Gasteiger partial charge in [-0.15, -0.1) is 0 Å². The second-order valence-corrected chi connectivity index (χ2v) is 6.85. The Bertz CT molecular complexity index is 1120. The van der Waals surface area contributed by atoms with Crippen LogP contribution in [0.1, 0.15) is 26.6 Å². The van der Waals surface area contributed by atoms with Gasteiger partial charge in [0, 0.05) is 10.9 Å². The molecule has 4 rings (SSSR count). The molecule has 2 heterocycles. The molecule has 2 aromatic heterocycles. The molecule has 0 spiro atoms. The smallest absolute Gasteiger partial charge is 0.340 e. The minimum absolute atomic E-state index is 0.113. The van der Waals surface area contributed by atoms with E-state index in [1.165, 1.54) is 11.3 Å². The van der Waals surface area contributed by atoms with Gasteiger partial charge >= 0.3 is 5.97 Å². The molecule has 0 saturated heterocycles. The van der Waals surface area contributed by atoms with Crippen LogP contribution in [0.25, 0.3) is 11.3 Å². The number of carbonyl (C=O) groups is 2. The Labute approximate surface area is 170 Å². The second kappa shape index (κ2) is 8.53. The summed E-state index contributed by atoms with van der Waals surface area (Å²) in [6.07, 6.45) is 1.59. The third-order valence-corrected chi connectivity index (χ3v) is 4.80. The fraction of sp³-hybridized carbons (Fsp3) is 0.0455. The molecule has 0 saturated carbocycles. The maximum absolute atomic E-state index is 12.5. The van der Waals surface area contributed by atoms with E-state index in [1.54, 1.807) is 41.9 Å². The fourth-order valence-electron chi connectivity index (χ4n) is 2.68. The Morgan fingerprint density at radius 3 is 2.62 bits per heavy atom. The zero-order valence-corrected chi connectivity index (χ0v) is 16.0. The zero-order valence-electron chi connectivity index (χ0n) is 15.2. The van der Waals surface area contributed by atoms with Gasteiger partial charge in [0.1, 0.15) is 0 Å². The molecule has 4 aromatic rings. The topological polar surface area (TPSA) is 81.4 Å². The number of rotatable bonds is 6. The summed E-state index contributed by atoms with van der Waals surface area (Å²) in [4.78, 5) is 29.0. The van der Waals surface area contributed by atoms with Gasteiger partial charge in [0.05, 0.1) is 23.0 Å². The number of nitrogens with zero attached hydrogens (tertiary/aromatic N) is 1. The first-order valence-corrected chi connectivity index (χ1v) is 9.75. The predicted molar refractivity (Wildman–Crippen MR) is 110 cm³/mol. The summed E-state index contributed by atoms with van der Waals surface area (Å²) in [5.74, 6) is 0.0226. The van der Waals surface area contributed by atoms with Crippen LogP contribution >= 0.6 is 11.3 Å². The van der Waals surface area contributed by atoms with Gasteiger partial charge in [-0.2, -0.15) is 11.3 Å². The van der Waals surface area contributed by atoms with Crippen molar-refractivity contribution in [2.75, 3.05) is 5.32 Å². The van der Waals surface area contributed by atoms with Gasteiger partial charge in [-0.25, -0.2) is 9.78 Å². The van der Waals surface area contributed by atoms with Gasteiger partial charge in [-0.05, 0) is 23.6 Å². The highest BCUT2D eigenvalue weighted by molar-refractivity contribution is 7.08. The van der Waals surface area contributed by atoms with E-state index in [9.17, 15) is 9.59 Å². The molecule has 0 aliphatic carbocycles. The van der Waals surface area contributed by atoms with E-state index in [0.717, 1.165) is 5.56 Å². The lowest BCUT2D eigenvalue weighted by Gasteiger charge is -2.09. The van der Waals surface area contributed by atoms with E-state index >= 15 is 0 Å². The molecule has 0 radical (unpaired) electrons. The number of para-hydroxylation sites is 1. The lowest BCUT2D eigenvalue weighted by molar-refractivity contribution is 0.0440. The highest BCUT2D eigenvalue weighted by Crippen LogP contribution is 2.21. The molecule has 29 heavy (non-hydrogen) atoms. The molecule has 0 unspecified atom stereocenters. The molecule has 7 heteroatoms. The normalized spacial score (nSPS) is 10.5. The summed E-state index contributed by atoms with van der Waals surface area (Å²) in [6, 6.07) is 17.9. The number of oxazole rings is 1. The largest absolute Gasteiger partial charge is 0.452 e. The van der Waals surface area contributed by atoms with E-state index in [4.69, 9.17) is 9.15 Å². The van der Waals surface area contributed by atoms with Crippen LogP contribution in [0.15, 0.2) is 82.0 Å². The number of hydrogen-bond donors (Lipinski definition) is 1. The molecule has 2 aromatic carbocycles. The van der Waals surface area contributed by atoms with Crippen molar-refractivity contribution >= 4 is 28.9 Å². The van der Waals surface area contributed by atoms with Crippen LogP contribution in [0.2, 0.25) is 0 Å². The van der Waals surface area contributed by atoms with E-state index < -0.39 is 5.97 Å². The molecule has 0 fully saturated rings. The van der Waals surface area contributed by atoms with Crippen molar-refractivity contribution in [1.29, 1.82) is 0 Å². The Kier molecular flexibility index (Phi) is 5.49. The lowest BCUT2D eigenvalue weighted by Crippen LogP contribution is -2.15. The van der Waals surface area contributed by atoms with Gasteiger partial charge in [0.25, 0.3) is 5.91 Å². The monoisotopic (exact) mass is 404 g/mol. The summed E-state index contributed by atoms with van der Waals surface area (Å²) < 4.78 is 11.0. The van der Waals surface area contributed by atoms with Crippen LogP contribution in [0, 0.1) is 0 Å². The minimum Gasteiger partial charge on any atom is -0.452 e. The first-order chi connectivity index (χ1) is 14.2. The first kappa shape index (κ1) is 18.6. The molecule has 1 amide bonds. The van der Waals surface area contributed by atoms with Crippen LogP contribution in [-0.2, 0) is 11.3 Å². The number of aromatic nitrogens is 1. The van der Waals surface area contributed by atoms with Gasteiger partial charge < -0.3 is 14.5 Å². The summed E-state index contributed by atoms with van der Waals surface area (Å²) in [5.41, 5.74) is 2.06. The molecular formula is C22H16N2O4S. The van der Waals surface area contributed by atoms with Crippen molar-refractivity contribution in [2.24, 2.45) is 0 Å². The SMILES string of the molecule is O=C(Nc1ccccc1C(=O)OCc1ncc(-c2ccccc2)o1)c1ccsc1. The van der Waals surface area contributed by atoms with Crippen molar-refractivity contribution in [1.82, 2.24) is 4.98 Å². The second-order valence-electron chi connectivity index (χ2n) is 6.07. The molecule has 0 aliphatic heterocycles. The van der Waals surface area contributed by atoms with Crippen LogP contribution in [0.5, 0.6) is 0 Å². The Hall–Kier alpha value is -3.71. The van der Waals surface area contributed by atoms with Crippen LogP contribution in [-0.4, -0.2) is 16.9 Å². The van der Waals surface area contributed by atoms with Crippen LogP contribution in [0.4, 0.5) is 5.69 Å². The van der Waals surface area contributed by atoms with Gasteiger partial charge in [-0.3, -0.25) is 4.79 Å². The average Bonchev–Trinajstić information content (AvgIpc) is 3.45. The van der Waals surface area contributed by atoms with E-state index in [2.05, 4.69) is 10.3 Å². The first-order valence-electron chi connectivity index (χ1n) is 8.80. The lowest BCUT2D eigenvalue weighted by atomic mass is 10.1. The number of benzene rings is 2. The van der Waals surface area contributed by atoms with Crippen LogP contribution < -0.4 is 5.32 Å². The van der Waals surface area contributed by atoms with Crippen molar-refractivity contribution < 1.29 is 18.7 Å². The van der Waals surface area contributed by atoms with E-state index in [-0.39, 0.29) is 24.0 Å². The number of anilines is 1. The predicted octanol–water partition coefficient (Wildman–Crippen LogP) is 5.01. The average molecular weight is 404 g/mol. The third-order valence-electron chi connectivity index (χ3n) is 4.12. The third kappa shape index (κ3) is 4.41. The molecule has 0 atom stereocenters. The van der Waals surface area contributed by atoms with Crippen molar-refractivity contribution in [2.45, 2.75) is 6.61 Å². The van der Waals surface area contributed by atoms with E-state index in [1.807, 2.05) is 35.7 Å². The Balaban J connectivity index is 1.43. The maximum atomic E-state index is 12.5. The number of amides is 1. The number of ether oxygens (including phenoxy) is 1. The molecule has 6 nitrogen and oxygen atoms in total. The highest BCUT2D eigenvalue weighted by Gasteiger charge is 2.17. The fourth-order valence-corrected chi connectivity index (χ4v) is 3.31. The van der Waals surface area contributed by atoms with E-state index in [0.29, 0.717) is 17.0 Å². The standard InChI is InChI=1S/C22H16N2O4S/c25-21(16-10-11-29-14-16)24-18-9-5-4-8-17(18)22(26)27-13-20-23-12-19(28-20)15-6-2-1-3-7-15/h1-12,14H,13H2,(H,24,25). The summed E-state index contributed by atoms with van der Waals surface area (Å²) in [6.45, 7) is -0.113. The number of carbonyl (C=O) groups excluding carboxylic acids is 2. The van der Waals surface area contributed by atoms with Crippen LogP contribution in [0.3, 0.4) is 0 Å². The number of thiophene rings is 1. The highest BCUT2D eigenvalue weighted by atomic mass is 32.1. The molecule has 0 aliphatic rings. The van der Waals surface area contributed by atoms with Crippen molar-refractivity contribution in [3.63, 3.8) is 0 Å². The number of nitrogens with one attached hydrogen (secondary N) is 1. The summed E-state index contributed by atoms with van der Waals surface area (Å²) in [7, 11) is 0. The summed E-state index contributed by atoms with van der Waals surface area (Å²) in [5, 5.41) is 6.30. The molecule has 144 valence electrons. The number of esters is 1. The van der Waals surface area contributed by atoms with Gasteiger partial charge in [0.2, 0.25) is 5.89 Å².